The van der Waals surface area contributed by atoms with Gasteiger partial charge in [0.2, 0.25) is 0 Å². The molecular weight excluding hydrogens is 318 g/mol. The third kappa shape index (κ3) is 4.18. The number of anilines is 1. The third-order valence-electron chi connectivity index (χ3n) is 2.95. The maximum Gasteiger partial charge on any atom is 0.112 e. The summed E-state index contributed by atoms with van der Waals surface area (Å²) in [5.74, 6) is 0.991. The van der Waals surface area contributed by atoms with E-state index in [2.05, 4.69) is 30.2 Å². The van der Waals surface area contributed by atoms with Gasteiger partial charge in [0, 0.05) is 27.2 Å². The van der Waals surface area contributed by atoms with E-state index in [-0.39, 0.29) is 0 Å². The molecule has 0 amide bonds. The maximum absolute atomic E-state index is 5.91. The van der Waals surface area contributed by atoms with Crippen LogP contribution in [0.4, 0.5) is 5.69 Å². The van der Waals surface area contributed by atoms with Crippen molar-refractivity contribution in [2.24, 2.45) is 5.73 Å². The number of hydrogen-bond donors (Lipinski definition) is 2. The summed E-state index contributed by atoms with van der Waals surface area (Å²) in [6.07, 6.45) is 2.97. The smallest absolute Gasteiger partial charge is 0.112 e. The molecule has 0 bridgehead atoms. The second-order valence-electron chi connectivity index (χ2n) is 4.40. The molecule has 0 aliphatic rings. The monoisotopic (exact) mass is 337 g/mol. The molecule has 0 spiro atoms. The highest BCUT2D eigenvalue weighted by molar-refractivity contribution is 7.99. The standard InChI is InChI=1S/C15H19N3S3/c1-3-10-8-18-13(21-10)9-17-11-6-5-7-12(20-4-2)14(11)15(16)19/h5-8,17H,3-4,9H2,1-2H3,(H2,16,19). The lowest BCUT2D eigenvalue weighted by Crippen LogP contribution is -2.14. The fraction of sp³-hybridized carbons (Fsp3) is 0.333. The molecule has 0 aliphatic carbocycles. The van der Waals surface area contributed by atoms with Gasteiger partial charge in [-0.25, -0.2) is 4.98 Å². The molecule has 0 saturated carbocycles. The second kappa shape index (κ2) is 7.77. The summed E-state index contributed by atoms with van der Waals surface area (Å²) in [6.45, 7) is 4.96. The van der Waals surface area contributed by atoms with Crippen LogP contribution in [0.5, 0.6) is 0 Å². The lowest BCUT2D eigenvalue weighted by molar-refractivity contribution is 1.09. The highest BCUT2D eigenvalue weighted by Gasteiger charge is 2.11. The summed E-state index contributed by atoms with van der Waals surface area (Å²) < 4.78 is 0. The second-order valence-corrected chi connectivity index (χ2v) is 7.35. The summed E-state index contributed by atoms with van der Waals surface area (Å²) in [6, 6.07) is 6.11. The molecule has 1 heterocycles. The molecule has 112 valence electrons. The van der Waals surface area contributed by atoms with Crippen molar-refractivity contribution in [1.29, 1.82) is 0 Å². The molecule has 0 fully saturated rings. The summed E-state index contributed by atoms with van der Waals surface area (Å²) in [7, 11) is 0. The first-order valence-electron chi connectivity index (χ1n) is 6.88. The van der Waals surface area contributed by atoms with E-state index in [9.17, 15) is 0 Å². The van der Waals surface area contributed by atoms with E-state index in [0.29, 0.717) is 11.5 Å². The van der Waals surface area contributed by atoms with E-state index in [1.54, 1.807) is 23.1 Å². The van der Waals surface area contributed by atoms with Crippen LogP contribution in [0.3, 0.4) is 0 Å². The van der Waals surface area contributed by atoms with E-state index in [0.717, 1.165) is 33.3 Å². The number of nitrogens with zero attached hydrogens (tertiary/aromatic N) is 1. The highest BCUT2D eigenvalue weighted by Crippen LogP contribution is 2.29. The Morgan fingerprint density at radius 3 is 2.86 bits per heavy atom. The summed E-state index contributed by atoms with van der Waals surface area (Å²) in [5, 5.41) is 4.49. The normalized spacial score (nSPS) is 10.6. The number of nitrogens with one attached hydrogen (secondary N) is 1. The molecule has 0 saturated heterocycles. The zero-order chi connectivity index (χ0) is 15.2. The molecule has 1 aromatic heterocycles. The van der Waals surface area contributed by atoms with Crippen molar-refractivity contribution in [3.8, 4) is 0 Å². The largest absolute Gasteiger partial charge is 0.389 e. The van der Waals surface area contributed by atoms with Gasteiger partial charge in [0.15, 0.2) is 0 Å². The summed E-state index contributed by atoms with van der Waals surface area (Å²) >= 11 is 8.71. The number of thiazole rings is 1. The third-order valence-corrected chi connectivity index (χ3v) is 5.24. The van der Waals surface area contributed by atoms with E-state index >= 15 is 0 Å². The van der Waals surface area contributed by atoms with Crippen LogP contribution in [0.2, 0.25) is 0 Å². The maximum atomic E-state index is 5.91. The number of thiocarbonyl (C=S) groups is 1. The molecule has 0 radical (unpaired) electrons. The van der Waals surface area contributed by atoms with Crippen molar-refractivity contribution in [1.82, 2.24) is 4.98 Å². The van der Waals surface area contributed by atoms with Gasteiger partial charge in [-0.1, -0.05) is 32.1 Å². The Kier molecular flexibility index (Phi) is 6.02. The van der Waals surface area contributed by atoms with Gasteiger partial charge in [-0.15, -0.1) is 23.1 Å². The van der Waals surface area contributed by atoms with Crippen LogP contribution < -0.4 is 11.1 Å². The Hall–Kier alpha value is -1.11. The number of hydrogen-bond acceptors (Lipinski definition) is 5. The number of thioether (sulfide) groups is 1. The molecule has 2 aromatic rings. The fourth-order valence-corrected chi connectivity index (χ4v) is 3.91. The predicted octanol–water partition coefficient (Wildman–Crippen LogP) is 4.06. The van der Waals surface area contributed by atoms with E-state index in [1.807, 2.05) is 18.3 Å². The first-order chi connectivity index (χ1) is 10.2. The van der Waals surface area contributed by atoms with E-state index in [4.69, 9.17) is 18.0 Å². The average molecular weight is 338 g/mol. The molecule has 2 rings (SSSR count). The Bertz CT molecular complexity index is 622. The number of rotatable bonds is 7. The number of benzene rings is 1. The topological polar surface area (TPSA) is 50.9 Å². The molecular formula is C15H19N3S3. The fourth-order valence-electron chi connectivity index (χ4n) is 1.97. The molecule has 21 heavy (non-hydrogen) atoms. The van der Waals surface area contributed by atoms with Crippen molar-refractivity contribution >= 4 is 46.0 Å². The van der Waals surface area contributed by atoms with E-state index < -0.39 is 0 Å². The van der Waals surface area contributed by atoms with Crippen LogP contribution in [0.1, 0.15) is 29.3 Å². The number of nitrogens with two attached hydrogens (primary N) is 1. The first kappa shape index (κ1) is 16.3. The van der Waals surface area contributed by atoms with Crippen molar-refractivity contribution < 1.29 is 0 Å². The average Bonchev–Trinajstić information content (AvgIpc) is 2.93. The Balaban J connectivity index is 2.18. The number of aromatic nitrogens is 1. The van der Waals surface area contributed by atoms with E-state index in [1.165, 1.54) is 4.88 Å². The van der Waals surface area contributed by atoms with Crippen molar-refractivity contribution in [2.45, 2.75) is 31.7 Å². The molecule has 0 unspecified atom stereocenters. The van der Waals surface area contributed by atoms with Gasteiger partial charge in [-0.2, -0.15) is 0 Å². The molecule has 3 N–H and O–H groups in total. The molecule has 3 nitrogen and oxygen atoms in total. The minimum absolute atomic E-state index is 0.433. The highest BCUT2D eigenvalue weighted by atomic mass is 32.2. The SMILES string of the molecule is CCSc1cccc(NCc2ncc(CC)s2)c1C(N)=S. The summed E-state index contributed by atoms with van der Waals surface area (Å²) in [4.78, 5) is 7.29. The molecule has 1 aromatic carbocycles. The van der Waals surface area contributed by atoms with Gasteiger partial charge in [-0.3, -0.25) is 0 Å². The zero-order valence-electron chi connectivity index (χ0n) is 12.2. The van der Waals surface area contributed by atoms with Crippen LogP contribution in [-0.2, 0) is 13.0 Å². The van der Waals surface area contributed by atoms with Crippen LogP contribution >= 0.6 is 35.3 Å². The van der Waals surface area contributed by atoms with Crippen LogP contribution in [0.25, 0.3) is 0 Å². The van der Waals surface area contributed by atoms with Crippen LogP contribution in [0, 0.1) is 0 Å². The minimum atomic E-state index is 0.433. The predicted molar refractivity (Wildman–Crippen MR) is 97.5 cm³/mol. The van der Waals surface area contributed by atoms with Gasteiger partial charge in [0.05, 0.1) is 6.54 Å². The van der Waals surface area contributed by atoms with Gasteiger partial charge in [0.25, 0.3) is 0 Å². The van der Waals surface area contributed by atoms with Crippen molar-refractivity contribution in [3.05, 3.63) is 39.8 Å². The molecule has 6 heteroatoms. The lowest BCUT2D eigenvalue weighted by Gasteiger charge is -2.14. The van der Waals surface area contributed by atoms with Gasteiger partial charge in [0.1, 0.15) is 10.00 Å². The van der Waals surface area contributed by atoms with Gasteiger partial charge in [-0.05, 0) is 24.3 Å². The van der Waals surface area contributed by atoms with Gasteiger partial charge >= 0.3 is 0 Å². The molecule has 0 aliphatic heterocycles. The van der Waals surface area contributed by atoms with Crippen LogP contribution in [-0.4, -0.2) is 15.7 Å². The zero-order valence-corrected chi connectivity index (χ0v) is 14.6. The summed E-state index contributed by atoms with van der Waals surface area (Å²) in [5.41, 5.74) is 7.82. The Morgan fingerprint density at radius 2 is 2.24 bits per heavy atom. The molecule has 0 atom stereocenters. The first-order valence-corrected chi connectivity index (χ1v) is 9.09. The minimum Gasteiger partial charge on any atom is -0.389 e. The van der Waals surface area contributed by atoms with Gasteiger partial charge < -0.3 is 11.1 Å². The van der Waals surface area contributed by atoms with Crippen molar-refractivity contribution in [2.75, 3.05) is 11.1 Å². The quantitative estimate of drug-likeness (QED) is 0.589. The Morgan fingerprint density at radius 1 is 1.43 bits per heavy atom. The number of aryl methyl sites for hydroxylation is 1. The van der Waals surface area contributed by atoms with Crippen LogP contribution in [0.15, 0.2) is 29.3 Å². The van der Waals surface area contributed by atoms with Crippen molar-refractivity contribution in [3.63, 3.8) is 0 Å². The lowest BCUT2D eigenvalue weighted by atomic mass is 10.1. The Labute approximate surface area is 139 Å².